The van der Waals surface area contributed by atoms with Crippen LogP contribution in [0, 0.1) is 16.7 Å². The lowest BCUT2D eigenvalue weighted by Gasteiger charge is -2.40. The van der Waals surface area contributed by atoms with Gasteiger partial charge in [-0.25, -0.2) is 0 Å². The van der Waals surface area contributed by atoms with Gasteiger partial charge in [0.25, 0.3) is 0 Å². The van der Waals surface area contributed by atoms with Gasteiger partial charge in [-0.1, -0.05) is 6.42 Å². The largest absolute Gasteiger partial charge is 0.330 e. The topological polar surface area (TPSA) is 78.9 Å². The molecule has 4 nitrogen and oxygen atoms in total. The van der Waals surface area contributed by atoms with Crippen LogP contribution in [0.5, 0.6) is 0 Å². The summed E-state index contributed by atoms with van der Waals surface area (Å²) in [7, 11) is 0. The number of benzene rings is 1. The van der Waals surface area contributed by atoms with E-state index in [0.29, 0.717) is 18.5 Å². The van der Waals surface area contributed by atoms with E-state index >= 15 is 0 Å². The van der Waals surface area contributed by atoms with Crippen molar-refractivity contribution < 1.29 is 4.79 Å². The zero-order chi connectivity index (χ0) is 13.0. The maximum absolute atomic E-state index is 11.9. The van der Waals surface area contributed by atoms with Gasteiger partial charge in [-0.3, -0.25) is 4.79 Å². The zero-order valence-corrected chi connectivity index (χ0v) is 10.3. The molecular formula is C14H17N3O. The average Bonchev–Trinajstić information content (AvgIpc) is 2.35. The molecule has 0 radical (unpaired) electrons. The Morgan fingerprint density at radius 3 is 2.50 bits per heavy atom. The summed E-state index contributed by atoms with van der Waals surface area (Å²) in [6.45, 7) is 0.577. The quantitative estimate of drug-likeness (QED) is 0.849. The third kappa shape index (κ3) is 2.69. The Kier molecular flexibility index (Phi) is 3.63. The maximum Gasteiger partial charge on any atom is 0.224 e. The van der Waals surface area contributed by atoms with E-state index in [9.17, 15) is 4.79 Å². The highest BCUT2D eigenvalue weighted by Crippen LogP contribution is 2.43. The van der Waals surface area contributed by atoms with Crippen LogP contribution >= 0.6 is 0 Å². The van der Waals surface area contributed by atoms with Gasteiger partial charge in [-0.05, 0) is 49.1 Å². The minimum atomic E-state index is 0.00450. The lowest BCUT2D eigenvalue weighted by Crippen LogP contribution is -2.40. The molecule has 1 aromatic carbocycles. The third-order valence-corrected chi connectivity index (χ3v) is 3.68. The van der Waals surface area contributed by atoms with Crippen molar-refractivity contribution in [3.63, 3.8) is 0 Å². The van der Waals surface area contributed by atoms with Gasteiger partial charge in [0.05, 0.1) is 11.6 Å². The van der Waals surface area contributed by atoms with Gasteiger partial charge >= 0.3 is 0 Å². The number of hydrogen-bond acceptors (Lipinski definition) is 3. The molecule has 1 fully saturated rings. The minimum absolute atomic E-state index is 0.00450. The highest BCUT2D eigenvalue weighted by atomic mass is 16.1. The zero-order valence-electron chi connectivity index (χ0n) is 10.3. The van der Waals surface area contributed by atoms with Crippen LogP contribution in [0.1, 0.15) is 31.2 Å². The number of amides is 1. The Balaban J connectivity index is 1.92. The molecule has 0 saturated heterocycles. The molecule has 4 heteroatoms. The molecule has 1 aliphatic carbocycles. The normalized spacial score (nSPS) is 16.4. The van der Waals surface area contributed by atoms with E-state index < -0.39 is 0 Å². The number of hydrogen-bond donors (Lipinski definition) is 2. The monoisotopic (exact) mass is 243 g/mol. The number of carbonyl (C=O) groups excluding carboxylic acids is 1. The van der Waals surface area contributed by atoms with Crippen LogP contribution in [0.3, 0.4) is 0 Å². The molecule has 18 heavy (non-hydrogen) atoms. The second-order valence-electron chi connectivity index (χ2n) is 4.97. The molecule has 1 saturated carbocycles. The highest BCUT2D eigenvalue weighted by Gasteiger charge is 2.37. The van der Waals surface area contributed by atoms with E-state index in [-0.39, 0.29) is 11.3 Å². The van der Waals surface area contributed by atoms with Gasteiger partial charge < -0.3 is 11.1 Å². The number of rotatable bonds is 4. The molecule has 3 N–H and O–H groups in total. The van der Waals surface area contributed by atoms with Crippen molar-refractivity contribution in [3.05, 3.63) is 29.8 Å². The molecule has 0 atom stereocenters. The first-order valence-electron chi connectivity index (χ1n) is 6.18. The number of carbonyl (C=O) groups is 1. The fraction of sp³-hybridized carbons (Fsp3) is 0.429. The van der Waals surface area contributed by atoms with Gasteiger partial charge in [0, 0.05) is 12.1 Å². The predicted octanol–water partition coefficient (Wildman–Crippen LogP) is 2.02. The van der Waals surface area contributed by atoms with Crippen LogP contribution in [0.4, 0.5) is 5.69 Å². The maximum atomic E-state index is 11.9. The van der Waals surface area contributed by atoms with Gasteiger partial charge in [-0.15, -0.1) is 0 Å². The van der Waals surface area contributed by atoms with Crippen LogP contribution in [-0.4, -0.2) is 12.5 Å². The summed E-state index contributed by atoms with van der Waals surface area (Å²) < 4.78 is 0. The molecule has 1 amide bonds. The van der Waals surface area contributed by atoms with Crippen molar-refractivity contribution in [2.75, 3.05) is 11.9 Å². The molecule has 1 aromatic rings. The third-order valence-electron chi connectivity index (χ3n) is 3.68. The van der Waals surface area contributed by atoms with Gasteiger partial charge in [0.15, 0.2) is 0 Å². The SMILES string of the molecule is N#Cc1ccc(NC(=O)CC2(CN)CCC2)cc1. The van der Waals surface area contributed by atoms with E-state index in [2.05, 4.69) is 5.32 Å². The van der Waals surface area contributed by atoms with E-state index in [1.165, 1.54) is 6.42 Å². The van der Waals surface area contributed by atoms with E-state index in [0.717, 1.165) is 18.5 Å². The van der Waals surface area contributed by atoms with Gasteiger partial charge in [0.1, 0.15) is 0 Å². The Labute approximate surface area is 107 Å². The van der Waals surface area contributed by atoms with Crippen molar-refractivity contribution in [1.82, 2.24) is 0 Å². The van der Waals surface area contributed by atoms with E-state index in [1.54, 1.807) is 24.3 Å². The molecule has 1 aliphatic rings. The van der Waals surface area contributed by atoms with E-state index in [4.69, 9.17) is 11.0 Å². The molecule has 0 bridgehead atoms. The van der Waals surface area contributed by atoms with Crippen LogP contribution in [0.2, 0.25) is 0 Å². The summed E-state index contributed by atoms with van der Waals surface area (Å²) in [5.41, 5.74) is 7.07. The molecule has 0 aliphatic heterocycles. The summed E-state index contributed by atoms with van der Waals surface area (Å²) in [5, 5.41) is 11.5. The Morgan fingerprint density at radius 2 is 2.06 bits per heavy atom. The summed E-state index contributed by atoms with van der Waals surface area (Å²) in [4.78, 5) is 11.9. The van der Waals surface area contributed by atoms with E-state index in [1.807, 2.05) is 6.07 Å². The predicted molar refractivity (Wildman–Crippen MR) is 69.7 cm³/mol. The van der Waals surface area contributed by atoms with Crippen LogP contribution in [0.25, 0.3) is 0 Å². The van der Waals surface area contributed by atoms with Gasteiger partial charge in [0.2, 0.25) is 5.91 Å². The first kappa shape index (κ1) is 12.6. The first-order valence-corrected chi connectivity index (χ1v) is 6.18. The molecular weight excluding hydrogens is 226 g/mol. The molecule has 0 aromatic heterocycles. The van der Waals surface area contributed by atoms with Crippen molar-refractivity contribution in [2.24, 2.45) is 11.1 Å². The van der Waals surface area contributed by atoms with Crippen LogP contribution in [-0.2, 0) is 4.79 Å². The smallest absolute Gasteiger partial charge is 0.224 e. The second kappa shape index (κ2) is 5.19. The fourth-order valence-corrected chi connectivity index (χ4v) is 2.30. The summed E-state index contributed by atoms with van der Waals surface area (Å²) in [5.74, 6) is 0.00450. The van der Waals surface area contributed by atoms with Crippen molar-refractivity contribution >= 4 is 11.6 Å². The lowest BCUT2D eigenvalue weighted by molar-refractivity contribution is -0.119. The number of anilines is 1. The Hall–Kier alpha value is -1.86. The second-order valence-corrected chi connectivity index (χ2v) is 4.97. The Morgan fingerprint density at radius 1 is 1.39 bits per heavy atom. The van der Waals surface area contributed by atoms with Crippen molar-refractivity contribution in [1.29, 1.82) is 5.26 Å². The van der Waals surface area contributed by atoms with Crippen LogP contribution < -0.4 is 11.1 Å². The minimum Gasteiger partial charge on any atom is -0.330 e. The standard InChI is InChI=1S/C14H17N3O/c15-9-11-2-4-12(5-3-11)17-13(18)8-14(10-16)6-1-7-14/h2-5H,1,6-8,10,16H2,(H,17,18). The number of nitrogens with two attached hydrogens (primary N) is 1. The van der Waals surface area contributed by atoms with Crippen molar-refractivity contribution in [2.45, 2.75) is 25.7 Å². The van der Waals surface area contributed by atoms with Gasteiger partial charge in [-0.2, -0.15) is 5.26 Å². The van der Waals surface area contributed by atoms with Crippen LogP contribution in [0.15, 0.2) is 24.3 Å². The lowest BCUT2D eigenvalue weighted by atomic mass is 9.66. The van der Waals surface area contributed by atoms with Crippen molar-refractivity contribution in [3.8, 4) is 6.07 Å². The average molecular weight is 243 g/mol. The highest BCUT2D eigenvalue weighted by molar-refractivity contribution is 5.91. The number of nitrogens with one attached hydrogen (secondary N) is 1. The molecule has 2 rings (SSSR count). The fourth-order valence-electron chi connectivity index (χ4n) is 2.30. The summed E-state index contributed by atoms with van der Waals surface area (Å²) in [6.07, 6.45) is 3.75. The molecule has 0 spiro atoms. The summed E-state index contributed by atoms with van der Waals surface area (Å²) in [6, 6.07) is 8.91. The first-order chi connectivity index (χ1) is 8.67. The number of nitrogens with zero attached hydrogens (tertiary/aromatic N) is 1. The Bertz CT molecular complexity index is 463. The summed E-state index contributed by atoms with van der Waals surface area (Å²) >= 11 is 0. The number of nitriles is 1. The molecule has 0 unspecified atom stereocenters. The molecule has 0 heterocycles. The molecule has 94 valence electrons.